The third kappa shape index (κ3) is 2.67. The molecule has 0 aromatic heterocycles. The maximum atomic E-state index is 5.70. The fourth-order valence-corrected chi connectivity index (χ4v) is 2.33. The average molecular weight is 219 g/mol. The van der Waals surface area contributed by atoms with E-state index in [1.165, 1.54) is 24.9 Å². The van der Waals surface area contributed by atoms with Crippen LogP contribution in [-0.4, -0.2) is 26.2 Å². The van der Waals surface area contributed by atoms with Gasteiger partial charge in [-0.1, -0.05) is 0 Å². The highest BCUT2D eigenvalue weighted by molar-refractivity contribution is 5.53. The predicted octanol–water partition coefficient (Wildman–Crippen LogP) is 1.85. The van der Waals surface area contributed by atoms with E-state index in [9.17, 15) is 0 Å². The maximum absolute atomic E-state index is 5.70. The first kappa shape index (κ1) is 11.3. The molecule has 3 heteroatoms. The van der Waals surface area contributed by atoms with E-state index in [2.05, 4.69) is 29.4 Å². The summed E-state index contributed by atoms with van der Waals surface area (Å²) in [5, 5.41) is 3.38. The predicted molar refractivity (Wildman–Crippen MR) is 69.8 cm³/mol. The smallest absolute Gasteiger partial charge is 0.0367 e. The van der Waals surface area contributed by atoms with Crippen molar-refractivity contribution in [1.29, 1.82) is 0 Å². The van der Waals surface area contributed by atoms with Crippen LogP contribution >= 0.6 is 0 Å². The molecule has 1 unspecified atom stereocenters. The Morgan fingerprint density at radius 2 is 1.94 bits per heavy atom. The van der Waals surface area contributed by atoms with Gasteiger partial charge >= 0.3 is 0 Å². The lowest BCUT2D eigenvalue weighted by molar-refractivity contribution is 0.512. The van der Waals surface area contributed by atoms with Crippen LogP contribution in [0.4, 0.5) is 11.4 Å². The van der Waals surface area contributed by atoms with E-state index in [0.29, 0.717) is 6.04 Å². The zero-order valence-electron chi connectivity index (χ0n) is 9.95. The van der Waals surface area contributed by atoms with E-state index in [4.69, 9.17) is 5.73 Å². The molecule has 1 heterocycles. The van der Waals surface area contributed by atoms with Gasteiger partial charge in [0.2, 0.25) is 0 Å². The van der Waals surface area contributed by atoms with Crippen LogP contribution in [0.2, 0.25) is 0 Å². The Morgan fingerprint density at radius 1 is 1.19 bits per heavy atom. The standard InChI is InChI=1S/C13H21N3/c1-15-12-3-2-9-16(10-8-12)13-6-4-11(14)5-7-13/h4-7,12,15H,2-3,8-10,14H2,1H3. The third-order valence-electron chi connectivity index (χ3n) is 3.39. The van der Waals surface area contributed by atoms with E-state index < -0.39 is 0 Å². The first-order chi connectivity index (χ1) is 7.79. The van der Waals surface area contributed by atoms with Gasteiger partial charge in [-0.15, -0.1) is 0 Å². The van der Waals surface area contributed by atoms with E-state index in [1.807, 2.05) is 12.1 Å². The number of nitrogens with zero attached hydrogens (tertiary/aromatic N) is 1. The molecule has 1 aliphatic heterocycles. The zero-order chi connectivity index (χ0) is 11.4. The molecule has 1 aromatic rings. The Labute approximate surface area is 97.6 Å². The van der Waals surface area contributed by atoms with Gasteiger partial charge in [0.05, 0.1) is 0 Å². The number of anilines is 2. The molecule has 0 radical (unpaired) electrons. The molecular weight excluding hydrogens is 198 g/mol. The minimum Gasteiger partial charge on any atom is -0.399 e. The van der Waals surface area contributed by atoms with Crippen molar-refractivity contribution in [1.82, 2.24) is 5.32 Å². The molecule has 0 amide bonds. The lowest BCUT2D eigenvalue weighted by Gasteiger charge is -2.23. The van der Waals surface area contributed by atoms with E-state index in [-0.39, 0.29) is 0 Å². The number of nitrogens with one attached hydrogen (secondary N) is 1. The van der Waals surface area contributed by atoms with Crippen molar-refractivity contribution < 1.29 is 0 Å². The highest BCUT2D eigenvalue weighted by Crippen LogP contribution is 2.20. The fourth-order valence-electron chi connectivity index (χ4n) is 2.33. The monoisotopic (exact) mass is 219 g/mol. The Hall–Kier alpha value is -1.22. The Morgan fingerprint density at radius 3 is 2.62 bits per heavy atom. The van der Waals surface area contributed by atoms with Crippen molar-refractivity contribution in [2.45, 2.75) is 25.3 Å². The number of nitrogen functional groups attached to an aromatic ring is 1. The van der Waals surface area contributed by atoms with Gasteiger partial charge in [-0.2, -0.15) is 0 Å². The second-order valence-corrected chi connectivity index (χ2v) is 4.50. The van der Waals surface area contributed by atoms with Crippen molar-refractivity contribution in [3.05, 3.63) is 24.3 Å². The quantitative estimate of drug-likeness (QED) is 0.746. The molecule has 2 rings (SSSR count). The van der Waals surface area contributed by atoms with Crippen LogP contribution in [-0.2, 0) is 0 Å². The van der Waals surface area contributed by atoms with Crippen molar-refractivity contribution in [2.75, 3.05) is 30.8 Å². The van der Waals surface area contributed by atoms with Gasteiger partial charge in [-0.05, 0) is 50.6 Å². The summed E-state index contributed by atoms with van der Waals surface area (Å²) < 4.78 is 0. The minimum atomic E-state index is 0.679. The van der Waals surface area contributed by atoms with Crippen LogP contribution in [0.15, 0.2) is 24.3 Å². The normalized spacial score (nSPS) is 21.8. The second kappa shape index (κ2) is 5.21. The summed E-state index contributed by atoms with van der Waals surface area (Å²) in [4.78, 5) is 2.46. The first-order valence-electron chi connectivity index (χ1n) is 6.07. The minimum absolute atomic E-state index is 0.679. The number of hydrogen-bond acceptors (Lipinski definition) is 3. The van der Waals surface area contributed by atoms with Crippen LogP contribution in [0, 0.1) is 0 Å². The number of hydrogen-bond donors (Lipinski definition) is 2. The summed E-state index contributed by atoms with van der Waals surface area (Å²) in [6.07, 6.45) is 3.76. The van der Waals surface area contributed by atoms with Crippen LogP contribution in [0.5, 0.6) is 0 Å². The highest BCUT2D eigenvalue weighted by atomic mass is 15.1. The molecule has 1 fully saturated rings. The second-order valence-electron chi connectivity index (χ2n) is 4.50. The molecule has 1 saturated heterocycles. The average Bonchev–Trinajstić information content (AvgIpc) is 2.55. The van der Waals surface area contributed by atoms with Gasteiger partial charge in [0.1, 0.15) is 0 Å². The lowest BCUT2D eigenvalue weighted by atomic mass is 10.1. The van der Waals surface area contributed by atoms with Crippen LogP contribution in [0.25, 0.3) is 0 Å². The highest BCUT2D eigenvalue weighted by Gasteiger charge is 2.15. The number of nitrogens with two attached hydrogens (primary N) is 1. The SMILES string of the molecule is CNC1CCCN(c2ccc(N)cc2)CC1. The zero-order valence-corrected chi connectivity index (χ0v) is 9.95. The topological polar surface area (TPSA) is 41.3 Å². The Bertz CT molecular complexity index is 320. The van der Waals surface area contributed by atoms with Gasteiger partial charge in [-0.25, -0.2) is 0 Å². The van der Waals surface area contributed by atoms with Gasteiger partial charge < -0.3 is 16.0 Å². The Kier molecular flexibility index (Phi) is 3.67. The van der Waals surface area contributed by atoms with Gasteiger partial charge in [-0.3, -0.25) is 0 Å². The molecule has 0 aliphatic carbocycles. The van der Waals surface area contributed by atoms with Crippen LogP contribution in [0.3, 0.4) is 0 Å². The molecule has 0 spiro atoms. The summed E-state index contributed by atoms with van der Waals surface area (Å²) >= 11 is 0. The molecule has 3 nitrogen and oxygen atoms in total. The molecule has 1 atom stereocenters. The third-order valence-corrected chi connectivity index (χ3v) is 3.39. The fraction of sp³-hybridized carbons (Fsp3) is 0.538. The van der Waals surface area contributed by atoms with Crippen molar-refractivity contribution in [3.8, 4) is 0 Å². The Balaban J connectivity index is 2.02. The van der Waals surface area contributed by atoms with Crippen molar-refractivity contribution in [3.63, 3.8) is 0 Å². The molecule has 16 heavy (non-hydrogen) atoms. The van der Waals surface area contributed by atoms with E-state index in [1.54, 1.807) is 0 Å². The molecule has 3 N–H and O–H groups in total. The molecule has 1 aromatic carbocycles. The molecule has 0 saturated carbocycles. The molecule has 1 aliphatic rings. The summed E-state index contributed by atoms with van der Waals surface area (Å²) in [5.41, 5.74) is 7.84. The van der Waals surface area contributed by atoms with Gasteiger partial charge in [0.15, 0.2) is 0 Å². The van der Waals surface area contributed by atoms with E-state index >= 15 is 0 Å². The molecule has 88 valence electrons. The lowest BCUT2D eigenvalue weighted by Crippen LogP contribution is -2.28. The largest absolute Gasteiger partial charge is 0.399 e. The summed E-state index contributed by atoms with van der Waals surface area (Å²) in [5.74, 6) is 0. The van der Waals surface area contributed by atoms with Crippen LogP contribution < -0.4 is 16.0 Å². The first-order valence-corrected chi connectivity index (χ1v) is 6.07. The van der Waals surface area contributed by atoms with Crippen molar-refractivity contribution in [2.24, 2.45) is 0 Å². The van der Waals surface area contributed by atoms with E-state index in [0.717, 1.165) is 18.8 Å². The van der Waals surface area contributed by atoms with Gasteiger partial charge in [0.25, 0.3) is 0 Å². The number of benzene rings is 1. The maximum Gasteiger partial charge on any atom is 0.0367 e. The molecule has 0 bridgehead atoms. The molecular formula is C13H21N3. The number of rotatable bonds is 2. The summed E-state index contributed by atoms with van der Waals surface area (Å²) in [6, 6.07) is 8.88. The van der Waals surface area contributed by atoms with Gasteiger partial charge in [0, 0.05) is 30.5 Å². The summed E-state index contributed by atoms with van der Waals surface area (Å²) in [6.45, 7) is 2.29. The van der Waals surface area contributed by atoms with Crippen molar-refractivity contribution >= 4 is 11.4 Å². The van der Waals surface area contributed by atoms with Crippen LogP contribution in [0.1, 0.15) is 19.3 Å². The summed E-state index contributed by atoms with van der Waals surface area (Å²) in [7, 11) is 2.06.